The van der Waals surface area contributed by atoms with Crippen molar-refractivity contribution in [3.8, 4) is 11.1 Å². The predicted molar refractivity (Wildman–Crippen MR) is 190 cm³/mol. The van der Waals surface area contributed by atoms with Crippen LogP contribution in [0.4, 0.5) is 11.4 Å². The first-order valence-electron chi connectivity index (χ1n) is 15.1. The molecule has 208 valence electrons. The van der Waals surface area contributed by atoms with Crippen LogP contribution in [0.1, 0.15) is 10.4 Å². The third kappa shape index (κ3) is 3.94. The van der Waals surface area contributed by atoms with E-state index in [1.165, 1.54) is 75.4 Å². The molecule has 0 fully saturated rings. The molecule has 1 aliphatic heterocycles. The molecule has 2 heterocycles. The topological polar surface area (TPSA) is 15.3 Å². The number of hydrogen-bond acceptors (Lipinski definition) is 3. The summed E-state index contributed by atoms with van der Waals surface area (Å²) in [6.07, 6.45) is 2.21. The Bertz CT molecular complexity index is 2380. The zero-order valence-electron chi connectivity index (χ0n) is 24.0. The second kappa shape index (κ2) is 10.1. The molecule has 7 aromatic carbocycles. The number of nitrogens with one attached hydrogen (secondary N) is 1. The van der Waals surface area contributed by atoms with E-state index in [0.29, 0.717) is 0 Å². The Hall–Kier alpha value is -5.38. The van der Waals surface area contributed by atoms with Gasteiger partial charge < -0.3 is 10.2 Å². The van der Waals surface area contributed by atoms with E-state index < -0.39 is 0 Å². The Kier molecular flexibility index (Phi) is 5.78. The average Bonchev–Trinajstić information content (AvgIpc) is 3.48. The number of thiophene rings is 1. The minimum Gasteiger partial charge on any atom is -0.384 e. The molecule has 0 spiro atoms. The van der Waals surface area contributed by atoms with E-state index in [0.717, 1.165) is 12.2 Å². The van der Waals surface area contributed by atoms with Crippen LogP contribution in [-0.2, 0) is 6.54 Å². The smallest absolute Gasteiger partial charge is 0.0709 e. The zero-order chi connectivity index (χ0) is 29.0. The van der Waals surface area contributed by atoms with E-state index in [9.17, 15) is 0 Å². The first-order valence-corrected chi connectivity index (χ1v) is 15.9. The molecule has 0 amide bonds. The molecule has 1 aromatic heterocycles. The van der Waals surface area contributed by atoms with Gasteiger partial charge in [-0.1, -0.05) is 121 Å². The van der Waals surface area contributed by atoms with Gasteiger partial charge in [0, 0.05) is 44.3 Å². The highest BCUT2D eigenvalue weighted by molar-refractivity contribution is 7.19. The summed E-state index contributed by atoms with van der Waals surface area (Å²) >= 11 is 1.89. The molecule has 0 aliphatic carbocycles. The molecule has 44 heavy (non-hydrogen) atoms. The van der Waals surface area contributed by atoms with Crippen molar-refractivity contribution in [2.24, 2.45) is 0 Å². The molecule has 0 saturated carbocycles. The largest absolute Gasteiger partial charge is 0.384 e. The number of fused-ring (bicyclic) bond motifs is 8. The van der Waals surface area contributed by atoms with Crippen molar-refractivity contribution in [2.75, 3.05) is 4.90 Å². The zero-order valence-corrected chi connectivity index (χ0v) is 24.8. The SMILES string of the molecule is C1=C(N(c2ccc(-c3ccccc3)cc2)c2cc3ccc4ccccc4c3c3ccccc23)c2c(sc3ccccc23)CN1. The summed E-state index contributed by atoms with van der Waals surface area (Å²) in [5.74, 6) is 0. The third-order valence-electron chi connectivity index (χ3n) is 8.87. The first-order chi connectivity index (χ1) is 21.8. The van der Waals surface area contributed by atoms with Crippen molar-refractivity contribution in [1.29, 1.82) is 0 Å². The number of nitrogens with zero attached hydrogens (tertiary/aromatic N) is 1. The lowest BCUT2D eigenvalue weighted by molar-refractivity contribution is 0.867. The molecule has 0 bridgehead atoms. The van der Waals surface area contributed by atoms with Crippen molar-refractivity contribution in [3.05, 3.63) is 162 Å². The van der Waals surface area contributed by atoms with Gasteiger partial charge in [0.1, 0.15) is 0 Å². The van der Waals surface area contributed by atoms with Gasteiger partial charge in [-0.3, -0.25) is 0 Å². The molecule has 0 atom stereocenters. The van der Waals surface area contributed by atoms with Gasteiger partial charge in [0.05, 0.1) is 11.4 Å². The Balaban J connectivity index is 1.34. The van der Waals surface area contributed by atoms with E-state index in [2.05, 4.69) is 162 Å². The van der Waals surface area contributed by atoms with E-state index in [4.69, 9.17) is 0 Å². The number of anilines is 2. The van der Waals surface area contributed by atoms with Crippen molar-refractivity contribution >= 4 is 70.8 Å². The first kappa shape index (κ1) is 25.1. The Morgan fingerprint density at radius 3 is 2.05 bits per heavy atom. The lowest BCUT2D eigenvalue weighted by Crippen LogP contribution is -2.23. The van der Waals surface area contributed by atoms with E-state index in [1.54, 1.807) is 0 Å². The second-order valence-corrected chi connectivity index (χ2v) is 12.5. The fraction of sp³-hybridized carbons (Fsp3) is 0.0244. The predicted octanol–water partition coefficient (Wildman–Crippen LogP) is 11.3. The van der Waals surface area contributed by atoms with Crippen molar-refractivity contribution in [2.45, 2.75) is 6.54 Å². The summed E-state index contributed by atoms with van der Waals surface area (Å²) in [5, 5.41) is 12.5. The molecule has 0 unspecified atom stereocenters. The number of rotatable bonds is 4. The molecule has 1 aliphatic rings. The minimum absolute atomic E-state index is 0.837. The van der Waals surface area contributed by atoms with Crippen molar-refractivity contribution < 1.29 is 0 Å². The molecule has 1 N–H and O–H groups in total. The fourth-order valence-electron chi connectivity index (χ4n) is 6.88. The van der Waals surface area contributed by atoms with Crippen LogP contribution in [0.15, 0.2) is 152 Å². The van der Waals surface area contributed by atoms with Gasteiger partial charge in [0.15, 0.2) is 0 Å². The van der Waals surface area contributed by atoms with Crippen LogP contribution in [0, 0.1) is 0 Å². The molecule has 8 aromatic rings. The Labute approximate surface area is 260 Å². The minimum atomic E-state index is 0.837. The van der Waals surface area contributed by atoms with Gasteiger partial charge in [0.2, 0.25) is 0 Å². The molecular formula is C41H28N2S. The molecule has 0 radical (unpaired) electrons. The Morgan fingerprint density at radius 1 is 0.545 bits per heavy atom. The second-order valence-electron chi connectivity index (χ2n) is 11.4. The molecule has 3 heteroatoms. The number of benzene rings is 7. The van der Waals surface area contributed by atoms with Crippen molar-refractivity contribution in [3.63, 3.8) is 0 Å². The van der Waals surface area contributed by atoms with Gasteiger partial charge in [-0.25, -0.2) is 0 Å². The molecule has 2 nitrogen and oxygen atoms in total. The third-order valence-corrected chi connectivity index (χ3v) is 10.0. The maximum atomic E-state index is 3.63. The monoisotopic (exact) mass is 580 g/mol. The molecule has 9 rings (SSSR count). The van der Waals surface area contributed by atoms with E-state index >= 15 is 0 Å². The quantitative estimate of drug-likeness (QED) is 0.208. The van der Waals surface area contributed by atoms with Gasteiger partial charge in [0.25, 0.3) is 0 Å². The van der Waals surface area contributed by atoms with E-state index in [1.807, 2.05) is 11.3 Å². The van der Waals surface area contributed by atoms with Crippen LogP contribution in [0.3, 0.4) is 0 Å². The summed E-state index contributed by atoms with van der Waals surface area (Å²) in [7, 11) is 0. The maximum absolute atomic E-state index is 3.63. The van der Waals surface area contributed by atoms with Gasteiger partial charge >= 0.3 is 0 Å². The van der Waals surface area contributed by atoms with E-state index in [-0.39, 0.29) is 0 Å². The summed E-state index contributed by atoms with van der Waals surface area (Å²) < 4.78 is 1.32. The Morgan fingerprint density at radius 2 is 1.20 bits per heavy atom. The van der Waals surface area contributed by atoms with Crippen LogP contribution in [0.25, 0.3) is 59.2 Å². The van der Waals surface area contributed by atoms with Crippen LogP contribution < -0.4 is 10.2 Å². The summed E-state index contributed by atoms with van der Waals surface area (Å²) in [6, 6.07) is 53.0. The normalized spacial score (nSPS) is 12.8. The van der Waals surface area contributed by atoms with Gasteiger partial charge in [-0.15, -0.1) is 11.3 Å². The average molecular weight is 581 g/mol. The summed E-state index contributed by atoms with van der Waals surface area (Å²) in [4.78, 5) is 3.83. The van der Waals surface area contributed by atoms with Crippen LogP contribution >= 0.6 is 11.3 Å². The van der Waals surface area contributed by atoms with Crippen molar-refractivity contribution in [1.82, 2.24) is 5.32 Å². The van der Waals surface area contributed by atoms with Gasteiger partial charge in [-0.2, -0.15) is 0 Å². The lowest BCUT2D eigenvalue weighted by Gasteiger charge is -2.32. The molecular weight excluding hydrogens is 553 g/mol. The fourth-order valence-corrected chi connectivity index (χ4v) is 8.04. The standard InChI is InChI=1S/C41H28N2S/c1-2-10-27(11-3-1)28-20-22-31(23-21-28)43(37-25-42-26-39-41(37)35-16-8-9-17-38(35)44-39)36-24-30-19-18-29-12-4-5-13-32(29)40(30)34-15-7-6-14-33(34)36/h1-25,42H,26H2. The van der Waals surface area contributed by atoms with Crippen LogP contribution in [0.5, 0.6) is 0 Å². The highest BCUT2D eigenvalue weighted by Crippen LogP contribution is 2.47. The number of hydrogen-bond donors (Lipinski definition) is 1. The highest BCUT2D eigenvalue weighted by Gasteiger charge is 2.27. The maximum Gasteiger partial charge on any atom is 0.0709 e. The summed E-state index contributed by atoms with van der Waals surface area (Å²) in [5.41, 5.74) is 7.22. The van der Waals surface area contributed by atoms with Crippen LogP contribution in [-0.4, -0.2) is 0 Å². The van der Waals surface area contributed by atoms with Crippen LogP contribution in [0.2, 0.25) is 0 Å². The highest BCUT2D eigenvalue weighted by atomic mass is 32.1. The van der Waals surface area contributed by atoms with Gasteiger partial charge in [-0.05, 0) is 62.3 Å². The summed E-state index contributed by atoms with van der Waals surface area (Å²) in [6.45, 7) is 0.837. The molecule has 0 saturated heterocycles. The lowest BCUT2D eigenvalue weighted by atomic mass is 9.94.